The minimum Gasteiger partial charge on any atom is -0.497 e. The molecule has 4 atom stereocenters. The van der Waals surface area contributed by atoms with Crippen LogP contribution >= 0.6 is 0 Å². The molecule has 0 spiro atoms. The molecule has 8 amide bonds. The van der Waals surface area contributed by atoms with Crippen molar-refractivity contribution in [1.82, 2.24) is 25.8 Å². The maximum Gasteiger partial charge on any atom is 0.411 e. The number of anilines is 2. The Labute approximate surface area is 532 Å². The maximum atomic E-state index is 14.2. The largest absolute Gasteiger partial charge is 0.497 e. The highest BCUT2D eigenvalue weighted by molar-refractivity contribution is 6.07. The van der Waals surface area contributed by atoms with Gasteiger partial charge in [-0.15, -0.1) is 0 Å². The highest BCUT2D eigenvalue weighted by Crippen LogP contribution is 2.42. The SMILES string of the molecule is COc1ccc(C2=CN3C(=O)c4cc(OC)c(OCCCOc5cc6c(cc5OC)C(=O)N5C=C(c7ccc(NC(=O)OCc8ccc(NC(=O)[C@H](CCCNC(N)=O)NC(=O)[C@@H](NC(=O)CCC(=O)C(C)C)C(C)C)cc8)cc7)C[C@H]5C=N6)cc4N=C[C@@H]3C2)cc1. The third-order valence-electron chi connectivity index (χ3n) is 15.9. The van der Waals surface area contributed by atoms with Crippen LogP contribution in [-0.2, 0) is 30.5 Å². The number of amides is 8. The Morgan fingerprint density at radius 3 is 1.66 bits per heavy atom. The smallest absolute Gasteiger partial charge is 0.411 e. The molecular formula is C68H76N10O14. The number of carbonyl (C=O) groups excluding carboxylic acids is 8. The van der Waals surface area contributed by atoms with Crippen molar-refractivity contribution in [2.45, 2.75) is 103 Å². The van der Waals surface area contributed by atoms with Crippen LogP contribution in [0.1, 0.15) is 110 Å². The van der Waals surface area contributed by atoms with Crippen molar-refractivity contribution in [2.75, 3.05) is 51.7 Å². The van der Waals surface area contributed by atoms with Gasteiger partial charge in [0.1, 0.15) is 30.2 Å². The number of nitrogens with one attached hydrogen (secondary N) is 5. The quantitative estimate of drug-likeness (QED) is 0.0254. The average molecular weight is 1260 g/mol. The van der Waals surface area contributed by atoms with Crippen LogP contribution in [0.5, 0.6) is 28.7 Å². The minimum atomic E-state index is -1.07. The van der Waals surface area contributed by atoms with E-state index in [1.807, 2.05) is 42.6 Å². The van der Waals surface area contributed by atoms with Gasteiger partial charge in [0.05, 0.1) is 69.1 Å². The topological polar surface area (TPSA) is 309 Å². The molecule has 482 valence electrons. The standard InChI is InChI=1S/C68H76N10O14/c1-39(2)56(79)23-24-61(80)76-62(40(3)4)64(82)75-53(10-8-25-70-67(69)85)63(81)73-46-17-11-41(12-18-46)38-92-68(86)74-47-19-13-42(14-20-47)44-28-48-34-71-54-32-59(57(88-6)30-51(54)65(83)77(48)36-44)90-26-9-27-91-60-33-55-52(31-58(60)89-7)66(84)78-37-45(29-49(78)35-72-55)43-15-21-50(87-5)22-16-43/h11-22,30-37,39-40,48-49,53,62H,8-10,23-29,38H2,1-7H3,(H,73,81)(H,74,86)(H,75,82)(H,76,80)(H3,69,70,85)/t48-,49-,53-,62-/m0/s1. The van der Waals surface area contributed by atoms with Crippen molar-refractivity contribution < 1.29 is 66.8 Å². The van der Waals surface area contributed by atoms with E-state index in [0.29, 0.717) is 81.7 Å². The predicted molar refractivity (Wildman–Crippen MR) is 346 cm³/mol. The van der Waals surface area contributed by atoms with Crippen LogP contribution in [0.4, 0.5) is 32.3 Å². The monoisotopic (exact) mass is 1260 g/mol. The first kappa shape index (κ1) is 65.9. The normalized spacial score (nSPS) is 15.9. The van der Waals surface area contributed by atoms with Gasteiger partial charge in [-0.3, -0.25) is 44.1 Å². The summed E-state index contributed by atoms with van der Waals surface area (Å²) in [6.07, 6.45) is 8.43. The number of nitrogens with two attached hydrogens (primary N) is 1. The summed E-state index contributed by atoms with van der Waals surface area (Å²) in [5.41, 5.74) is 12.1. The van der Waals surface area contributed by atoms with Gasteiger partial charge in [0.25, 0.3) is 11.8 Å². The van der Waals surface area contributed by atoms with E-state index in [9.17, 15) is 38.4 Å². The maximum absolute atomic E-state index is 14.2. The molecule has 0 saturated heterocycles. The van der Waals surface area contributed by atoms with Gasteiger partial charge in [0.2, 0.25) is 17.7 Å². The number of fused-ring (bicyclic) bond motifs is 4. The molecule has 0 aromatic heterocycles. The third kappa shape index (κ3) is 16.5. The summed E-state index contributed by atoms with van der Waals surface area (Å²) >= 11 is 0. The molecule has 9 rings (SSSR count). The summed E-state index contributed by atoms with van der Waals surface area (Å²) < 4.78 is 34.5. The molecule has 0 fully saturated rings. The molecule has 4 aliphatic rings. The van der Waals surface area contributed by atoms with E-state index in [-0.39, 0.29) is 93.6 Å². The number of aliphatic imine (C=N–C) groups is 2. The molecule has 4 aliphatic heterocycles. The Balaban J connectivity index is 0.733. The van der Waals surface area contributed by atoms with Gasteiger partial charge >= 0.3 is 12.1 Å². The molecule has 0 radical (unpaired) electrons. The van der Waals surface area contributed by atoms with Gasteiger partial charge < -0.3 is 65.2 Å². The lowest BCUT2D eigenvalue weighted by Gasteiger charge is -2.25. The van der Waals surface area contributed by atoms with Crippen LogP contribution in [0.25, 0.3) is 11.1 Å². The molecule has 0 bridgehead atoms. The van der Waals surface area contributed by atoms with Crippen molar-refractivity contribution in [3.8, 4) is 28.7 Å². The number of ether oxygens (including phenoxy) is 6. The number of hydrogen-bond donors (Lipinski definition) is 6. The lowest BCUT2D eigenvalue weighted by atomic mass is 10.0. The summed E-state index contributed by atoms with van der Waals surface area (Å²) in [5, 5.41) is 13.4. The van der Waals surface area contributed by atoms with Crippen molar-refractivity contribution in [1.29, 1.82) is 0 Å². The van der Waals surface area contributed by atoms with E-state index in [0.717, 1.165) is 28.0 Å². The number of primary amides is 1. The number of ketones is 1. The summed E-state index contributed by atoms with van der Waals surface area (Å²) in [6.45, 7) is 7.52. The van der Waals surface area contributed by atoms with E-state index in [2.05, 4.69) is 26.6 Å². The van der Waals surface area contributed by atoms with Gasteiger partial charge in [0, 0.05) is 92.9 Å². The zero-order valence-corrected chi connectivity index (χ0v) is 52.4. The molecule has 24 heteroatoms. The first-order valence-electron chi connectivity index (χ1n) is 30.4. The minimum absolute atomic E-state index is 0.0386. The van der Waals surface area contributed by atoms with Gasteiger partial charge in [-0.2, -0.15) is 0 Å². The van der Waals surface area contributed by atoms with E-state index < -0.39 is 41.9 Å². The van der Waals surface area contributed by atoms with Crippen molar-refractivity contribution in [3.05, 3.63) is 137 Å². The number of urea groups is 1. The molecule has 5 aromatic carbocycles. The molecule has 7 N–H and O–H groups in total. The number of hydrogen-bond acceptors (Lipinski definition) is 16. The molecule has 0 aliphatic carbocycles. The number of nitrogens with zero attached hydrogens (tertiary/aromatic N) is 4. The first-order valence-corrected chi connectivity index (χ1v) is 30.4. The number of rotatable bonds is 28. The lowest BCUT2D eigenvalue weighted by molar-refractivity contribution is -0.132. The van der Waals surface area contributed by atoms with Crippen LogP contribution in [-0.4, -0.2) is 135 Å². The van der Waals surface area contributed by atoms with E-state index >= 15 is 0 Å². The van der Waals surface area contributed by atoms with Crippen LogP contribution in [0.3, 0.4) is 0 Å². The van der Waals surface area contributed by atoms with E-state index in [1.165, 1.54) is 14.2 Å². The van der Waals surface area contributed by atoms with Crippen LogP contribution < -0.4 is 56.0 Å². The molecule has 0 unspecified atom stereocenters. The Kier molecular flexibility index (Phi) is 21.7. The predicted octanol–water partition coefficient (Wildman–Crippen LogP) is 9.27. The fraction of sp³-hybridized carbons (Fsp3) is 0.353. The highest BCUT2D eigenvalue weighted by Gasteiger charge is 2.36. The summed E-state index contributed by atoms with van der Waals surface area (Å²) in [7, 11) is 4.64. The second-order valence-corrected chi connectivity index (χ2v) is 23.0. The number of methoxy groups -OCH3 is 3. The fourth-order valence-corrected chi connectivity index (χ4v) is 10.7. The molecule has 4 heterocycles. The molecule has 5 aromatic rings. The Morgan fingerprint density at radius 2 is 1.15 bits per heavy atom. The van der Waals surface area contributed by atoms with E-state index in [4.69, 9.17) is 44.1 Å². The summed E-state index contributed by atoms with van der Waals surface area (Å²) in [5.74, 6) is -0.374. The van der Waals surface area contributed by atoms with Crippen molar-refractivity contribution in [3.63, 3.8) is 0 Å². The van der Waals surface area contributed by atoms with Crippen LogP contribution in [0.15, 0.2) is 119 Å². The molecule has 92 heavy (non-hydrogen) atoms. The van der Waals surface area contributed by atoms with Crippen molar-refractivity contribution >= 4 is 93.8 Å². The zero-order valence-electron chi connectivity index (χ0n) is 52.4. The zero-order chi connectivity index (χ0) is 65.6. The number of Topliss-reactive ketones (excluding diaryl/α,β-unsaturated/α-hetero) is 1. The van der Waals surface area contributed by atoms with Gasteiger partial charge in [-0.1, -0.05) is 64.1 Å². The number of benzene rings is 5. The molecule has 24 nitrogen and oxygen atoms in total. The summed E-state index contributed by atoms with van der Waals surface area (Å²) in [6, 6.07) is 24.7. The first-order chi connectivity index (χ1) is 44.3. The Hall–Kier alpha value is -10.5. The molecule has 0 saturated carbocycles. The second-order valence-electron chi connectivity index (χ2n) is 23.0. The van der Waals surface area contributed by atoms with Gasteiger partial charge in [0.15, 0.2) is 23.0 Å². The summed E-state index contributed by atoms with van der Waals surface area (Å²) in [4.78, 5) is 117. The van der Waals surface area contributed by atoms with Gasteiger partial charge in [-0.05, 0) is 95.1 Å². The Morgan fingerprint density at radius 1 is 0.620 bits per heavy atom. The molecular weight excluding hydrogens is 1180 g/mol. The number of carbonyl (C=O) groups is 8. The Bertz CT molecular complexity index is 3710. The highest BCUT2D eigenvalue weighted by atomic mass is 16.5. The van der Waals surface area contributed by atoms with E-state index in [1.54, 1.807) is 124 Å². The fourth-order valence-electron chi connectivity index (χ4n) is 10.7. The van der Waals surface area contributed by atoms with Crippen LogP contribution in [0, 0.1) is 11.8 Å². The second kappa shape index (κ2) is 30.3. The van der Waals surface area contributed by atoms with Gasteiger partial charge in [-0.25, -0.2) is 9.59 Å². The third-order valence-corrected chi connectivity index (χ3v) is 15.9. The average Bonchev–Trinajstić information content (AvgIpc) is 1.61. The van der Waals surface area contributed by atoms with Crippen LogP contribution in [0.2, 0.25) is 0 Å². The van der Waals surface area contributed by atoms with Crippen molar-refractivity contribution in [2.24, 2.45) is 27.6 Å². The lowest BCUT2D eigenvalue weighted by Crippen LogP contribution is -2.54.